The zero-order valence-electron chi connectivity index (χ0n) is 20.4. The molecular weight excluding hydrogens is 530 g/mol. The lowest BCUT2D eigenvalue weighted by molar-refractivity contribution is 0.995. The molecule has 0 radical (unpaired) electrons. The van der Waals surface area contributed by atoms with E-state index in [9.17, 15) is 0 Å². The SMILES string of the molecule is Brc1ccc2c3ccccc3n(-c3nc(-c4ccccc4)cc(-c4ccc(-c5ccccc5)cc4)n3)c2c1. The van der Waals surface area contributed by atoms with Crippen molar-refractivity contribution in [1.29, 1.82) is 0 Å². The number of hydrogen-bond acceptors (Lipinski definition) is 2. The Morgan fingerprint density at radius 2 is 0.974 bits per heavy atom. The van der Waals surface area contributed by atoms with Crippen LogP contribution in [0.3, 0.4) is 0 Å². The van der Waals surface area contributed by atoms with Crippen molar-refractivity contribution >= 4 is 37.7 Å². The molecule has 0 saturated heterocycles. The number of hydrogen-bond donors (Lipinski definition) is 0. The molecule has 0 unspecified atom stereocenters. The van der Waals surface area contributed by atoms with E-state index in [4.69, 9.17) is 9.97 Å². The summed E-state index contributed by atoms with van der Waals surface area (Å²) in [5.74, 6) is 0.651. The lowest BCUT2D eigenvalue weighted by atomic mass is 10.0. The summed E-state index contributed by atoms with van der Waals surface area (Å²) in [5, 5.41) is 2.35. The van der Waals surface area contributed by atoms with Gasteiger partial charge >= 0.3 is 0 Å². The van der Waals surface area contributed by atoms with Gasteiger partial charge in [0.05, 0.1) is 22.4 Å². The molecule has 0 N–H and O–H groups in total. The lowest BCUT2D eigenvalue weighted by Gasteiger charge is -2.12. The number of nitrogens with zero attached hydrogens (tertiary/aromatic N) is 3. The fraction of sp³-hybridized carbons (Fsp3) is 0. The maximum atomic E-state index is 5.14. The van der Waals surface area contributed by atoms with Crippen molar-refractivity contribution in [2.75, 3.05) is 0 Å². The third kappa shape index (κ3) is 4.00. The van der Waals surface area contributed by atoms with Gasteiger partial charge in [0.2, 0.25) is 5.95 Å². The molecule has 0 atom stereocenters. The molecule has 0 aliphatic carbocycles. The molecule has 0 aliphatic rings. The molecule has 2 heterocycles. The van der Waals surface area contributed by atoms with E-state index in [1.165, 1.54) is 21.9 Å². The topological polar surface area (TPSA) is 30.7 Å². The zero-order valence-corrected chi connectivity index (χ0v) is 22.0. The van der Waals surface area contributed by atoms with Gasteiger partial charge in [-0.25, -0.2) is 9.97 Å². The minimum atomic E-state index is 0.651. The van der Waals surface area contributed by atoms with Gasteiger partial charge in [-0.1, -0.05) is 125 Å². The Bertz CT molecular complexity index is 1910. The van der Waals surface area contributed by atoms with Gasteiger partial charge in [-0.15, -0.1) is 0 Å². The van der Waals surface area contributed by atoms with E-state index >= 15 is 0 Å². The standard InChI is InChI=1S/C34H22BrN3/c35-27-19-20-29-28-13-7-8-14-32(28)38(33(29)21-27)34-36-30(25-11-5-2-6-12-25)22-31(37-34)26-17-15-24(16-18-26)23-9-3-1-4-10-23/h1-22H. The average Bonchev–Trinajstić information content (AvgIpc) is 3.31. The van der Waals surface area contributed by atoms with Crippen LogP contribution in [-0.2, 0) is 0 Å². The highest BCUT2D eigenvalue weighted by Gasteiger charge is 2.17. The van der Waals surface area contributed by atoms with E-state index < -0.39 is 0 Å². The molecule has 0 amide bonds. The summed E-state index contributed by atoms with van der Waals surface area (Å²) in [5.41, 5.74) is 8.40. The molecule has 7 aromatic rings. The van der Waals surface area contributed by atoms with Crippen LogP contribution in [0.25, 0.3) is 61.4 Å². The van der Waals surface area contributed by atoms with Crippen molar-refractivity contribution in [3.63, 3.8) is 0 Å². The van der Waals surface area contributed by atoms with E-state index in [2.05, 4.69) is 130 Å². The first-order valence-electron chi connectivity index (χ1n) is 12.5. The molecular formula is C34H22BrN3. The predicted molar refractivity (Wildman–Crippen MR) is 160 cm³/mol. The highest BCUT2D eigenvalue weighted by atomic mass is 79.9. The van der Waals surface area contributed by atoms with Gasteiger partial charge in [-0.3, -0.25) is 4.57 Å². The smallest absolute Gasteiger partial charge is 0.235 e. The quantitative estimate of drug-likeness (QED) is 0.218. The molecule has 4 heteroatoms. The number of para-hydroxylation sites is 1. The Labute approximate surface area is 229 Å². The summed E-state index contributed by atoms with van der Waals surface area (Å²) < 4.78 is 3.19. The van der Waals surface area contributed by atoms with Crippen LogP contribution >= 0.6 is 15.9 Å². The minimum absolute atomic E-state index is 0.651. The molecule has 0 spiro atoms. The Balaban J connectivity index is 1.46. The van der Waals surface area contributed by atoms with Gasteiger partial charge in [-0.2, -0.15) is 0 Å². The van der Waals surface area contributed by atoms with E-state index in [0.717, 1.165) is 38.0 Å². The normalized spacial score (nSPS) is 11.3. The number of fused-ring (bicyclic) bond motifs is 3. The average molecular weight is 552 g/mol. The fourth-order valence-corrected chi connectivity index (χ4v) is 5.41. The van der Waals surface area contributed by atoms with Crippen LogP contribution in [-0.4, -0.2) is 14.5 Å². The Morgan fingerprint density at radius 1 is 0.447 bits per heavy atom. The van der Waals surface area contributed by atoms with Crippen molar-refractivity contribution in [2.45, 2.75) is 0 Å². The van der Waals surface area contributed by atoms with Crippen molar-refractivity contribution in [2.24, 2.45) is 0 Å². The molecule has 3 nitrogen and oxygen atoms in total. The number of rotatable bonds is 4. The van der Waals surface area contributed by atoms with Crippen LogP contribution in [0, 0.1) is 0 Å². The van der Waals surface area contributed by atoms with Crippen molar-refractivity contribution in [1.82, 2.24) is 14.5 Å². The summed E-state index contributed by atoms with van der Waals surface area (Å²) >= 11 is 3.67. The molecule has 0 bridgehead atoms. The largest absolute Gasteiger partial charge is 0.278 e. The van der Waals surface area contributed by atoms with Gasteiger partial charge in [0.1, 0.15) is 0 Å². The Hall–Kier alpha value is -4.54. The highest BCUT2D eigenvalue weighted by Crippen LogP contribution is 2.34. The first-order valence-corrected chi connectivity index (χ1v) is 13.3. The fourth-order valence-electron chi connectivity index (χ4n) is 5.06. The van der Waals surface area contributed by atoms with Crippen LogP contribution in [0.4, 0.5) is 0 Å². The monoisotopic (exact) mass is 551 g/mol. The molecule has 180 valence electrons. The molecule has 5 aromatic carbocycles. The number of halogens is 1. The molecule has 0 aliphatic heterocycles. The third-order valence-corrected chi connectivity index (χ3v) is 7.40. The summed E-state index contributed by atoms with van der Waals surface area (Å²) in [4.78, 5) is 10.2. The Kier molecular flexibility index (Phi) is 5.60. The summed E-state index contributed by atoms with van der Waals surface area (Å²) in [6.07, 6.45) is 0. The molecule has 0 saturated carbocycles. The lowest BCUT2D eigenvalue weighted by Crippen LogP contribution is -2.04. The van der Waals surface area contributed by atoms with E-state index in [1.807, 2.05) is 24.3 Å². The minimum Gasteiger partial charge on any atom is -0.278 e. The van der Waals surface area contributed by atoms with Crippen molar-refractivity contribution < 1.29 is 0 Å². The second-order valence-electron chi connectivity index (χ2n) is 9.26. The zero-order chi connectivity index (χ0) is 25.5. The van der Waals surface area contributed by atoms with Gasteiger partial charge in [-0.05, 0) is 35.4 Å². The Morgan fingerprint density at radius 3 is 1.68 bits per heavy atom. The van der Waals surface area contributed by atoms with E-state index in [1.54, 1.807) is 0 Å². The summed E-state index contributed by atoms with van der Waals surface area (Å²) in [6.45, 7) is 0. The number of aromatic nitrogens is 3. The first kappa shape index (κ1) is 22.6. The van der Waals surface area contributed by atoms with Crippen LogP contribution < -0.4 is 0 Å². The highest BCUT2D eigenvalue weighted by molar-refractivity contribution is 9.10. The van der Waals surface area contributed by atoms with Crippen molar-refractivity contribution in [3.8, 4) is 39.6 Å². The predicted octanol–water partition coefficient (Wildman–Crippen LogP) is 9.34. The third-order valence-electron chi connectivity index (χ3n) is 6.91. The second-order valence-corrected chi connectivity index (χ2v) is 10.2. The van der Waals surface area contributed by atoms with Crippen molar-refractivity contribution in [3.05, 3.63) is 138 Å². The van der Waals surface area contributed by atoms with Gasteiger partial charge in [0, 0.05) is 26.4 Å². The van der Waals surface area contributed by atoms with Crippen LogP contribution in [0.15, 0.2) is 138 Å². The number of benzene rings is 5. The van der Waals surface area contributed by atoms with E-state index in [-0.39, 0.29) is 0 Å². The van der Waals surface area contributed by atoms with Crippen LogP contribution in [0.5, 0.6) is 0 Å². The maximum absolute atomic E-state index is 5.14. The summed E-state index contributed by atoms with van der Waals surface area (Å²) in [7, 11) is 0. The maximum Gasteiger partial charge on any atom is 0.235 e. The molecule has 38 heavy (non-hydrogen) atoms. The first-order chi connectivity index (χ1) is 18.7. The van der Waals surface area contributed by atoms with Gasteiger partial charge in [0.15, 0.2) is 0 Å². The molecule has 2 aromatic heterocycles. The van der Waals surface area contributed by atoms with E-state index in [0.29, 0.717) is 5.95 Å². The molecule has 7 rings (SSSR count). The van der Waals surface area contributed by atoms with Crippen LogP contribution in [0.1, 0.15) is 0 Å². The molecule has 0 fully saturated rings. The summed E-state index contributed by atoms with van der Waals surface area (Å²) in [6, 6.07) is 46.2. The van der Waals surface area contributed by atoms with Gasteiger partial charge < -0.3 is 0 Å². The van der Waals surface area contributed by atoms with Crippen LogP contribution in [0.2, 0.25) is 0 Å². The second kappa shape index (κ2) is 9.40. The van der Waals surface area contributed by atoms with Gasteiger partial charge in [0.25, 0.3) is 0 Å².